The number of aliphatic hydroxyl groups is 2. The molecule has 1 aromatic rings. The second kappa shape index (κ2) is 4.97. The Balaban J connectivity index is 2.67. The Morgan fingerprint density at radius 3 is 2.31 bits per heavy atom. The van der Waals surface area contributed by atoms with E-state index in [1.165, 1.54) is 0 Å². The number of aliphatic hydroxyl groups excluding tert-OH is 2. The largest absolute Gasteiger partial charge is 0.392 e. The van der Waals surface area contributed by atoms with Crippen molar-refractivity contribution in [1.82, 2.24) is 0 Å². The summed E-state index contributed by atoms with van der Waals surface area (Å²) in [7, 11) is 0. The Morgan fingerprint density at radius 1 is 1.23 bits per heavy atom. The normalized spacial score (nSPS) is 12.8. The molecular formula is C10H15NO2. The van der Waals surface area contributed by atoms with Crippen LogP contribution in [0.25, 0.3) is 0 Å². The maximum absolute atomic E-state index is 9.54. The first kappa shape index (κ1) is 10.2. The van der Waals surface area contributed by atoms with E-state index in [0.29, 0.717) is 13.0 Å². The summed E-state index contributed by atoms with van der Waals surface area (Å²) in [5, 5.41) is 18.3. The fourth-order valence-electron chi connectivity index (χ4n) is 1.17. The molecule has 0 saturated carbocycles. The first-order valence-corrected chi connectivity index (χ1v) is 4.35. The van der Waals surface area contributed by atoms with Gasteiger partial charge in [0.2, 0.25) is 0 Å². The maximum atomic E-state index is 9.54. The molecule has 4 N–H and O–H groups in total. The Bertz CT molecular complexity index is 246. The number of rotatable bonds is 4. The van der Waals surface area contributed by atoms with Gasteiger partial charge in [-0.25, -0.2) is 0 Å². The van der Waals surface area contributed by atoms with E-state index in [4.69, 9.17) is 10.8 Å². The van der Waals surface area contributed by atoms with Crippen LogP contribution in [0.3, 0.4) is 0 Å². The topological polar surface area (TPSA) is 66.5 Å². The Morgan fingerprint density at radius 2 is 1.85 bits per heavy atom. The van der Waals surface area contributed by atoms with Crippen molar-refractivity contribution < 1.29 is 10.2 Å². The Kier molecular flexibility index (Phi) is 3.89. The summed E-state index contributed by atoms with van der Waals surface area (Å²) in [6, 6.07) is 7.22. The van der Waals surface area contributed by atoms with E-state index in [0.717, 1.165) is 11.1 Å². The van der Waals surface area contributed by atoms with Gasteiger partial charge in [0.15, 0.2) is 0 Å². The maximum Gasteiger partial charge on any atom is 0.0802 e. The SMILES string of the molecule is NCCC(O)c1ccc(CO)cc1. The van der Waals surface area contributed by atoms with E-state index < -0.39 is 6.10 Å². The fraction of sp³-hybridized carbons (Fsp3) is 0.400. The lowest BCUT2D eigenvalue weighted by molar-refractivity contribution is 0.170. The molecule has 0 aliphatic rings. The van der Waals surface area contributed by atoms with Crippen LogP contribution in [0.4, 0.5) is 0 Å². The quantitative estimate of drug-likeness (QED) is 0.636. The summed E-state index contributed by atoms with van der Waals surface area (Å²) in [6.07, 6.45) is 0.0797. The minimum absolute atomic E-state index is 0.0350. The molecule has 0 radical (unpaired) electrons. The van der Waals surface area contributed by atoms with Gasteiger partial charge in [0.25, 0.3) is 0 Å². The minimum atomic E-state index is -0.488. The standard InChI is InChI=1S/C10H15NO2/c11-6-5-10(13)9-3-1-8(7-12)2-4-9/h1-4,10,12-13H,5-7,11H2. The van der Waals surface area contributed by atoms with Crippen LogP contribution in [-0.2, 0) is 6.61 Å². The fourth-order valence-corrected chi connectivity index (χ4v) is 1.17. The highest BCUT2D eigenvalue weighted by Crippen LogP contribution is 2.16. The number of benzene rings is 1. The molecular weight excluding hydrogens is 166 g/mol. The van der Waals surface area contributed by atoms with Crippen LogP contribution in [0.2, 0.25) is 0 Å². The van der Waals surface area contributed by atoms with Gasteiger partial charge in [0.1, 0.15) is 0 Å². The molecule has 1 rings (SSSR count). The van der Waals surface area contributed by atoms with Gasteiger partial charge >= 0.3 is 0 Å². The van der Waals surface area contributed by atoms with Gasteiger partial charge in [-0.15, -0.1) is 0 Å². The van der Waals surface area contributed by atoms with Crippen molar-refractivity contribution in [2.45, 2.75) is 19.1 Å². The van der Waals surface area contributed by atoms with Crippen molar-refractivity contribution in [3.05, 3.63) is 35.4 Å². The average Bonchev–Trinajstić information content (AvgIpc) is 2.18. The zero-order valence-corrected chi connectivity index (χ0v) is 7.48. The van der Waals surface area contributed by atoms with Crippen molar-refractivity contribution in [1.29, 1.82) is 0 Å². The molecule has 0 aliphatic heterocycles. The van der Waals surface area contributed by atoms with Crippen LogP contribution in [0, 0.1) is 0 Å². The molecule has 0 saturated heterocycles. The third-order valence-electron chi connectivity index (χ3n) is 1.99. The summed E-state index contributed by atoms with van der Waals surface area (Å²) < 4.78 is 0. The molecule has 3 nitrogen and oxygen atoms in total. The molecule has 0 spiro atoms. The van der Waals surface area contributed by atoms with Crippen molar-refractivity contribution in [2.24, 2.45) is 5.73 Å². The highest BCUT2D eigenvalue weighted by atomic mass is 16.3. The lowest BCUT2D eigenvalue weighted by atomic mass is 10.1. The molecule has 72 valence electrons. The van der Waals surface area contributed by atoms with E-state index in [9.17, 15) is 5.11 Å². The van der Waals surface area contributed by atoms with Crippen molar-refractivity contribution in [3.8, 4) is 0 Å². The van der Waals surface area contributed by atoms with Crippen LogP contribution in [-0.4, -0.2) is 16.8 Å². The lowest BCUT2D eigenvalue weighted by Gasteiger charge is -2.09. The van der Waals surface area contributed by atoms with Crippen LogP contribution in [0.15, 0.2) is 24.3 Å². The van der Waals surface area contributed by atoms with Gasteiger partial charge in [-0.05, 0) is 24.1 Å². The molecule has 0 aromatic heterocycles. The average molecular weight is 181 g/mol. The smallest absolute Gasteiger partial charge is 0.0802 e. The first-order chi connectivity index (χ1) is 6.27. The highest BCUT2D eigenvalue weighted by molar-refractivity contribution is 5.23. The minimum Gasteiger partial charge on any atom is -0.392 e. The van der Waals surface area contributed by atoms with Crippen LogP contribution < -0.4 is 5.73 Å². The number of hydrogen-bond acceptors (Lipinski definition) is 3. The van der Waals surface area contributed by atoms with Gasteiger partial charge in [-0.2, -0.15) is 0 Å². The number of nitrogens with two attached hydrogens (primary N) is 1. The number of hydrogen-bond donors (Lipinski definition) is 3. The summed E-state index contributed by atoms with van der Waals surface area (Å²) in [6.45, 7) is 0.510. The van der Waals surface area contributed by atoms with E-state index in [-0.39, 0.29) is 6.61 Å². The molecule has 0 fully saturated rings. The first-order valence-electron chi connectivity index (χ1n) is 4.35. The van der Waals surface area contributed by atoms with Crippen molar-refractivity contribution in [2.75, 3.05) is 6.54 Å². The highest BCUT2D eigenvalue weighted by Gasteiger charge is 2.05. The molecule has 0 amide bonds. The predicted octanol–water partition coefficient (Wildman–Crippen LogP) is 0.561. The van der Waals surface area contributed by atoms with Gasteiger partial charge < -0.3 is 15.9 Å². The van der Waals surface area contributed by atoms with E-state index in [1.54, 1.807) is 12.1 Å². The second-order valence-corrected chi connectivity index (χ2v) is 2.99. The Labute approximate surface area is 77.8 Å². The van der Waals surface area contributed by atoms with Crippen LogP contribution in [0.5, 0.6) is 0 Å². The molecule has 3 heteroatoms. The van der Waals surface area contributed by atoms with Gasteiger partial charge in [0, 0.05) is 0 Å². The molecule has 0 bridgehead atoms. The lowest BCUT2D eigenvalue weighted by Crippen LogP contribution is -2.06. The molecule has 1 aromatic carbocycles. The van der Waals surface area contributed by atoms with E-state index in [1.807, 2.05) is 12.1 Å². The molecule has 0 aliphatic carbocycles. The Hall–Kier alpha value is -0.900. The molecule has 0 heterocycles. The zero-order chi connectivity index (χ0) is 9.68. The van der Waals surface area contributed by atoms with Crippen LogP contribution in [0.1, 0.15) is 23.7 Å². The van der Waals surface area contributed by atoms with Gasteiger partial charge in [0.05, 0.1) is 12.7 Å². The van der Waals surface area contributed by atoms with Gasteiger partial charge in [-0.1, -0.05) is 24.3 Å². The van der Waals surface area contributed by atoms with E-state index >= 15 is 0 Å². The molecule has 1 atom stereocenters. The second-order valence-electron chi connectivity index (χ2n) is 2.99. The van der Waals surface area contributed by atoms with Crippen molar-refractivity contribution >= 4 is 0 Å². The van der Waals surface area contributed by atoms with Gasteiger partial charge in [-0.3, -0.25) is 0 Å². The third kappa shape index (κ3) is 2.81. The summed E-state index contributed by atoms with van der Waals surface area (Å²) in [4.78, 5) is 0. The molecule has 1 unspecified atom stereocenters. The predicted molar refractivity (Wildman–Crippen MR) is 51.0 cm³/mol. The molecule has 13 heavy (non-hydrogen) atoms. The monoisotopic (exact) mass is 181 g/mol. The van der Waals surface area contributed by atoms with Crippen molar-refractivity contribution in [3.63, 3.8) is 0 Å². The summed E-state index contributed by atoms with van der Waals surface area (Å²) in [5.41, 5.74) is 7.02. The third-order valence-corrected chi connectivity index (χ3v) is 1.99. The zero-order valence-electron chi connectivity index (χ0n) is 7.48. The summed E-state index contributed by atoms with van der Waals surface area (Å²) in [5.74, 6) is 0. The summed E-state index contributed by atoms with van der Waals surface area (Å²) >= 11 is 0. The van der Waals surface area contributed by atoms with E-state index in [2.05, 4.69) is 0 Å². The van der Waals surface area contributed by atoms with Crippen LogP contribution >= 0.6 is 0 Å².